The number of nitrogens with two attached hydrogens (primary N) is 2. The van der Waals surface area contributed by atoms with E-state index >= 15 is 0 Å². The number of carbonyl (C=O) groups is 8. The lowest BCUT2D eigenvalue weighted by molar-refractivity contribution is -0.141. The number of likely N-dealkylation sites (tertiary alicyclic amines) is 2. The molecule has 0 spiro atoms. The summed E-state index contributed by atoms with van der Waals surface area (Å²) in [6.45, 7) is 7.58. The summed E-state index contributed by atoms with van der Waals surface area (Å²) < 4.78 is 0. The fourth-order valence-corrected chi connectivity index (χ4v) is 6.55. The zero-order valence-corrected chi connectivity index (χ0v) is 31.0. The Hall–Kier alpha value is -5.30. The van der Waals surface area contributed by atoms with Gasteiger partial charge in [0.25, 0.3) is 0 Å². The van der Waals surface area contributed by atoms with Crippen molar-refractivity contribution in [2.75, 3.05) is 6.54 Å². The van der Waals surface area contributed by atoms with Crippen molar-refractivity contribution in [3.63, 3.8) is 0 Å². The second-order valence-electron chi connectivity index (χ2n) is 14.3. The SMILES string of the molecule is CC(C)[C@@H](NC(=O)[C@H](NC(=O)[C@@H](Cc1ccc(O)cc1)N1C[C@@H](N)CC1=O)[C@@H](C)O)C(=O)N[C@H](CCC(=O)O)C(=O)N[C@@H]1CC(C)N([C@H](C)C(N)=O)C1=O. The van der Waals surface area contributed by atoms with Crippen LogP contribution in [0.1, 0.15) is 65.9 Å². The molecule has 0 saturated carbocycles. The topological polar surface area (TPSA) is 304 Å². The average molecular weight is 761 g/mol. The molecular weight excluding hydrogens is 708 g/mol. The van der Waals surface area contributed by atoms with Crippen LogP contribution in [0.3, 0.4) is 0 Å². The van der Waals surface area contributed by atoms with Crippen LogP contribution in [0.2, 0.25) is 0 Å². The fraction of sp³-hybridized carbons (Fsp3) is 0.600. The quantitative estimate of drug-likeness (QED) is 0.0733. The molecule has 19 nitrogen and oxygen atoms in total. The van der Waals surface area contributed by atoms with Gasteiger partial charge in [-0.25, -0.2) is 0 Å². The van der Waals surface area contributed by atoms with E-state index < -0.39 is 108 Å². The summed E-state index contributed by atoms with van der Waals surface area (Å²) >= 11 is 0. The molecule has 0 bridgehead atoms. The standard InChI is InChI=1S/C35H52N8O11/c1-16(2)28(33(52)38-23(10-11-27(47)48)31(50)39-24-12-17(3)43(35(24)54)18(4)30(37)49)40-34(53)29(19(5)44)41-32(51)25(42-15-21(36)14-26(42)46)13-20-6-8-22(45)9-7-20/h6-9,16-19,21,23-25,28-29,44-45H,10-15,36H2,1-5H3,(H2,37,49)(H,38,52)(H,39,50)(H,40,53)(H,41,51)(H,47,48)/t17?,18-,19-,21+,23-,24-,25-,28-,29-/m1/s1. The first-order chi connectivity index (χ1) is 25.2. The number of aliphatic hydroxyl groups is 1. The molecule has 0 radical (unpaired) electrons. The van der Waals surface area contributed by atoms with Crippen LogP contribution in [0, 0.1) is 5.92 Å². The van der Waals surface area contributed by atoms with Crippen LogP contribution in [0.15, 0.2) is 24.3 Å². The van der Waals surface area contributed by atoms with Crippen molar-refractivity contribution in [1.82, 2.24) is 31.1 Å². The molecule has 7 amide bonds. The van der Waals surface area contributed by atoms with Gasteiger partial charge in [-0.2, -0.15) is 0 Å². The molecule has 3 rings (SSSR count). The Morgan fingerprint density at radius 1 is 0.907 bits per heavy atom. The van der Waals surface area contributed by atoms with Gasteiger partial charge in [0.15, 0.2) is 0 Å². The van der Waals surface area contributed by atoms with Crippen LogP contribution in [0.4, 0.5) is 0 Å². The summed E-state index contributed by atoms with van der Waals surface area (Å²) in [7, 11) is 0. The number of phenols is 1. The molecule has 2 fully saturated rings. The molecule has 2 saturated heterocycles. The summed E-state index contributed by atoms with van der Waals surface area (Å²) in [4.78, 5) is 106. The van der Waals surface area contributed by atoms with Crippen LogP contribution in [-0.4, -0.2) is 133 Å². The molecule has 298 valence electrons. The van der Waals surface area contributed by atoms with Crippen molar-refractivity contribution in [2.24, 2.45) is 17.4 Å². The van der Waals surface area contributed by atoms with E-state index in [9.17, 15) is 53.7 Å². The Balaban J connectivity index is 1.77. The average Bonchev–Trinajstić information content (AvgIpc) is 3.57. The highest BCUT2D eigenvalue weighted by Gasteiger charge is 2.43. The zero-order chi connectivity index (χ0) is 40.6. The number of carboxylic acid groups (broad SMARTS) is 1. The van der Waals surface area contributed by atoms with Crippen molar-refractivity contribution in [2.45, 2.75) is 121 Å². The van der Waals surface area contributed by atoms with Crippen molar-refractivity contribution in [3.8, 4) is 5.75 Å². The van der Waals surface area contributed by atoms with Crippen molar-refractivity contribution < 1.29 is 53.7 Å². The number of hydrogen-bond acceptors (Lipinski definition) is 11. The number of aliphatic carboxylic acids is 1. The third kappa shape index (κ3) is 11.1. The van der Waals surface area contributed by atoms with Gasteiger partial charge in [-0.15, -0.1) is 0 Å². The van der Waals surface area contributed by atoms with E-state index in [-0.39, 0.29) is 43.9 Å². The molecule has 1 aromatic carbocycles. The molecule has 2 aliphatic rings. The molecular formula is C35H52N8O11. The monoisotopic (exact) mass is 760 g/mol. The second kappa shape index (κ2) is 18.6. The van der Waals surface area contributed by atoms with Gasteiger partial charge in [0.05, 0.1) is 6.10 Å². The first-order valence-electron chi connectivity index (χ1n) is 17.8. The number of nitrogens with zero attached hydrogens (tertiary/aromatic N) is 2. The summed E-state index contributed by atoms with van der Waals surface area (Å²) in [6.07, 6.45) is -2.30. The first-order valence-corrected chi connectivity index (χ1v) is 17.8. The molecule has 0 aromatic heterocycles. The molecule has 1 unspecified atom stereocenters. The molecule has 1 aromatic rings. The predicted octanol–water partition coefficient (Wildman–Crippen LogP) is -2.80. The predicted molar refractivity (Wildman–Crippen MR) is 191 cm³/mol. The van der Waals surface area contributed by atoms with Crippen LogP contribution >= 0.6 is 0 Å². The summed E-state index contributed by atoms with van der Waals surface area (Å²) in [5.41, 5.74) is 11.9. The Morgan fingerprint density at radius 3 is 2.02 bits per heavy atom. The zero-order valence-electron chi connectivity index (χ0n) is 31.0. The van der Waals surface area contributed by atoms with Crippen molar-refractivity contribution >= 4 is 47.3 Å². The minimum Gasteiger partial charge on any atom is -0.508 e. The third-order valence-electron chi connectivity index (χ3n) is 9.57. The molecule has 2 heterocycles. The maximum atomic E-state index is 13.7. The number of benzene rings is 1. The van der Waals surface area contributed by atoms with E-state index in [2.05, 4.69) is 21.3 Å². The molecule has 2 aliphatic heterocycles. The minimum atomic E-state index is -1.62. The van der Waals surface area contributed by atoms with E-state index in [0.29, 0.717) is 5.56 Å². The molecule has 19 heteroatoms. The number of carboxylic acids is 1. The van der Waals surface area contributed by atoms with E-state index in [1.165, 1.54) is 35.8 Å². The van der Waals surface area contributed by atoms with Gasteiger partial charge < -0.3 is 57.9 Å². The maximum absolute atomic E-state index is 13.7. The van der Waals surface area contributed by atoms with Crippen LogP contribution in [0.5, 0.6) is 5.75 Å². The van der Waals surface area contributed by atoms with Gasteiger partial charge in [-0.3, -0.25) is 38.4 Å². The number of phenolic OH excluding ortho intramolecular Hbond substituents is 1. The van der Waals surface area contributed by atoms with Gasteiger partial charge in [0.1, 0.15) is 42.0 Å². The highest BCUT2D eigenvalue weighted by molar-refractivity contribution is 5.98. The number of carbonyl (C=O) groups excluding carboxylic acids is 7. The largest absolute Gasteiger partial charge is 0.508 e. The number of rotatable bonds is 18. The molecule has 54 heavy (non-hydrogen) atoms. The third-order valence-corrected chi connectivity index (χ3v) is 9.57. The van der Waals surface area contributed by atoms with Gasteiger partial charge in [0.2, 0.25) is 41.4 Å². The smallest absolute Gasteiger partial charge is 0.303 e. The number of primary amides is 1. The lowest BCUT2D eigenvalue weighted by Gasteiger charge is -2.31. The molecule has 0 aliphatic carbocycles. The van der Waals surface area contributed by atoms with E-state index in [0.717, 1.165) is 0 Å². The maximum Gasteiger partial charge on any atom is 0.303 e. The van der Waals surface area contributed by atoms with Crippen molar-refractivity contribution in [1.29, 1.82) is 0 Å². The number of hydrogen-bond donors (Lipinski definition) is 9. The van der Waals surface area contributed by atoms with Gasteiger partial charge in [-0.1, -0.05) is 26.0 Å². The lowest BCUT2D eigenvalue weighted by atomic mass is 10.00. The van der Waals surface area contributed by atoms with E-state index in [4.69, 9.17) is 11.5 Å². The van der Waals surface area contributed by atoms with E-state index in [1.807, 2.05) is 0 Å². The lowest BCUT2D eigenvalue weighted by Crippen LogP contribution is -2.62. The van der Waals surface area contributed by atoms with Gasteiger partial charge in [0, 0.05) is 37.9 Å². The van der Waals surface area contributed by atoms with Crippen molar-refractivity contribution in [3.05, 3.63) is 29.8 Å². The van der Waals surface area contributed by atoms with Gasteiger partial charge >= 0.3 is 5.97 Å². The Morgan fingerprint density at radius 2 is 1.50 bits per heavy atom. The Bertz CT molecular complexity index is 1590. The number of aromatic hydroxyl groups is 1. The number of nitrogens with one attached hydrogen (secondary N) is 4. The fourth-order valence-electron chi connectivity index (χ4n) is 6.55. The summed E-state index contributed by atoms with van der Waals surface area (Å²) in [5.74, 6) is -7.14. The van der Waals surface area contributed by atoms with Crippen LogP contribution in [-0.2, 0) is 44.8 Å². The molecule has 11 N–H and O–H groups in total. The Kier molecular flexibility index (Phi) is 14.9. The van der Waals surface area contributed by atoms with Gasteiger partial charge in [-0.05, 0) is 57.2 Å². The first kappa shape index (κ1) is 43.1. The summed E-state index contributed by atoms with van der Waals surface area (Å²) in [6, 6.07) is -2.66. The van der Waals surface area contributed by atoms with Crippen LogP contribution in [0.25, 0.3) is 0 Å². The normalized spacial score (nSPS) is 21.8. The molecule has 9 atom stereocenters. The minimum absolute atomic E-state index is 0.000628. The van der Waals surface area contributed by atoms with Crippen LogP contribution < -0.4 is 32.7 Å². The highest BCUT2D eigenvalue weighted by atomic mass is 16.4. The number of amides is 7. The number of aliphatic hydroxyl groups excluding tert-OH is 1. The summed E-state index contributed by atoms with van der Waals surface area (Å²) in [5, 5.41) is 39.6. The Labute approximate surface area is 312 Å². The second-order valence-corrected chi connectivity index (χ2v) is 14.3. The van der Waals surface area contributed by atoms with E-state index in [1.54, 1.807) is 32.9 Å². The highest BCUT2D eigenvalue weighted by Crippen LogP contribution is 2.23.